The average Bonchev–Trinajstić information content (AvgIpc) is 2.57. The van der Waals surface area contributed by atoms with Crippen molar-refractivity contribution < 1.29 is 17.9 Å². The lowest BCUT2D eigenvalue weighted by atomic mass is 10.2. The molecule has 0 spiro atoms. The predicted molar refractivity (Wildman–Crippen MR) is 88.1 cm³/mol. The van der Waals surface area contributed by atoms with E-state index < -0.39 is 11.7 Å². The summed E-state index contributed by atoms with van der Waals surface area (Å²) >= 11 is 6.24. The Kier molecular flexibility index (Phi) is 4.87. The van der Waals surface area contributed by atoms with Crippen molar-refractivity contribution in [2.75, 3.05) is 31.1 Å². The second-order valence-corrected chi connectivity index (χ2v) is 5.89. The minimum Gasteiger partial charge on any atom is -0.456 e. The summed E-state index contributed by atoms with van der Waals surface area (Å²) in [6.07, 6.45) is -4.41. The van der Waals surface area contributed by atoms with Gasteiger partial charge in [-0.05, 0) is 36.4 Å². The Bertz CT molecular complexity index is 715. The molecule has 3 nitrogen and oxygen atoms in total. The molecule has 2 aromatic rings. The largest absolute Gasteiger partial charge is 0.456 e. The van der Waals surface area contributed by atoms with Crippen molar-refractivity contribution in [3.8, 4) is 11.5 Å². The first-order valence-corrected chi connectivity index (χ1v) is 7.91. The van der Waals surface area contributed by atoms with Crippen LogP contribution in [0.4, 0.5) is 18.9 Å². The Morgan fingerprint density at radius 1 is 1.04 bits per heavy atom. The summed E-state index contributed by atoms with van der Waals surface area (Å²) in [5.74, 6) is 0.427. The minimum absolute atomic E-state index is 0.0987. The maximum Gasteiger partial charge on any atom is 0.416 e. The molecule has 128 valence electrons. The molecule has 1 fully saturated rings. The van der Waals surface area contributed by atoms with Gasteiger partial charge in [-0.2, -0.15) is 13.2 Å². The molecule has 0 aliphatic carbocycles. The molecule has 1 saturated heterocycles. The fourth-order valence-corrected chi connectivity index (χ4v) is 2.77. The van der Waals surface area contributed by atoms with Gasteiger partial charge in [-0.25, -0.2) is 0 Å². The zero-order valence-corrected chi connectivity index (χ0v) is 13.5. The van der Waals surface area contributed by atoms with Crippen molar-refractivity contribution in [2.24, 2.45) is 0 Å². The van der Waals surface area contributed by atoms with Crippen molar-refractivity contribution >= 4 is 17.3 Å². The van der Waals surface area contributed by atoms with Crippen LogP contribution in [0.15, 0.2) is 42.5 Å². The fourth-order valence-electron chi connectivity index (χ4n) is 2.56. The zero-order valence-electron chi connectivity index (χ0n) is 12.7. The molecule has 0 radical (unpaired) electrons. The van der Waals surface area contributed by atoms with Crippen LogP contribution >= 0.6 is 11.6 Å². The van der Waals surface area contributed by atoms with Crippen molar-refractivity contribution in [3.05, 3.63) is 53.1 Å². The summed E-state index contributed by atoms with van der Waals surface area (Å²) in [6.45, 7) is 3.56. The highest BCUT2D eigenvalue weighted by molar-refractivity contribution is 6.32. The van der Waals surface area contributed by atoms with E-state index in [1.807, 2.05) is 6.07 Å². The van der Waals surface area contributed by atoms with Gasteiger partial charge in [0, 0.05) is 31.9 Å². The van der Waals surface area contributed by atoms with Crippen LogP contribution in [0.2, 0.25) is 5.02 Å². The van der Waals surface area contributed by atoms with Crippen LogP contribution in [-0.2, 0) is 6.18 Å². The van der Waals surface area contributed by atoms with E-state index in [1.165, 1.54) is 12.1 Å². The molecule has 1 N–H and O–H groups in total. The number of hydrogen-bond donors (Lipinski definition) is 1. The first-order chi connectivity index (χ1) is 11.4. The number of nitrogens with zero attached hydrogens (tertiary/aromatic N) is 1. The monoisotopic (exact) mass is 356 g/mol. The summed E-state index contributed by atoms with van der Waals surface area (Å²) in [4.78, 5) is 2.19. The highest BCUT2D eigenvalue weighted by Gasteiger charge is 2.30. The van der Waals surface area contributed by atoms with Gasteiger partial charge in [0.05, 0.1) is 10.6 Å². The topological polar surface area (TPSA) is 24.5 Å². The van der Waals surface area contributed by atoms with E-state index in [4.69, 9.17) is 16.3 Å². The third kappa shape index (κ3) is 3.94. The number of ether oxygens (including phenoxy) is 1. The first kappa shape index (κ1) is 16.9. The van der Waals surface area contributed by atoms with Crippen molar-refractivity contribution in [3.63, 3.8) is 0 Å². The molecule has 3 rings (SSSR count). The van der Waals surface area contributed by atoms with Crippen LogP contribution in [0.25, 0.3) is 0 Å². The van der Waals surface area contributed by atoms with Crippen LogP contribution in [0.3, 0.4) is 0 Å². The van der Waals surface area contributed by atoms with Gasteiger partial charge in [-0.1, -0.05) is 17.7 Å². The van der Waals surface area contributed by atoms with Crippen LogP contribution in [0.5, 0.6) is 11.5 Å². The lowest BCUT2D eigenvalue weighted by molar-refractivity contribution is -0.137. The van der Waals surface area contributed by atoms with Gasteiger partial charge in [-0.15, -0.1) is 0 Å². The van der Waals surface area contributed by atoms with Gasteiger partial charge >= 0.3 is 6.18 Å². The molecule has 7 heteroatoms. The number of nitrogens with one attached hydrogen (secondary N) is 1. The molecule has 0 unspecified atom stereocenters. The van der Waals surface area contributed by atoms with Crippen LogP contribution in [0, 0.1) is 0 Å². The fraction of sp³-hybridized carbons (Fsp3) is 0.294. The molecule has 0 bridgehead atoms. The number of anilines is 1. The summed E-state index contributed by atoms with van der Waals surface area (Å²) in [5.41, 5.74) is 0.214. The van der Waals surface area contributed by atoms with Crippen molar-refractivity contribution in [1.82, 2.24) is 5.32 Å². The molecule has 0 atom stereocenters. The SMILES string of the molecule is FC(F)(F)c1cccc(Oc2ccc(N3CCNCC3)cc2Cl)c1. The zero-order chi connectivity index (χ0) is 17.2. The lowest BCUT2D eigenvalue weighted by Crippen LogP contribution is -2.43. The van der Waals surface area contributed by atoms with Gasteiger partial charge in [0.25, 0.3) is 0 Å². The summed E-state index contributed by atoms with van der Waals surface area (Å²) in [5, 5.41) is 3.63. The smallest absolute Gasteiger partial charge is 0.416 e. The van der Waals surface area contributed by atoms with E-state index in [0.717, 1.165) is 44.0 Å². The van der Waals surface area contributed by atoms with Gasteiger partial charge in [0.2, 0.25) is 0 Å². The second kappa shape index (κ2) is 6.91. The number of piperazine rings is 1. The Morgan fingerprint density at radius 3 is 2.46 bits per heavy atom. The van der Waals surface area contributed by atoms with Crippen LogP contribution in [-0.4, -0.2) is 26.2 Å². The molecule has 2 aromatic carbocycles. The van der Waals surface area contributed by atoms with Crippen LogP contribution < -0.4 is 15.0 Å². The average molecular weight is 357 g/mol. The molecule has 24 heavy (non-hydrogen) atoms. The Labute approximate surface area is 143 Å². The molecule has 1 heterocycles. The molecule has 1 aliphatic heterocycles. The Morgan fingerprint density at radius 2 is 1.79 bits per heavy atom. The van der Waals surface area contributed by atoms with E-state index in [0.29, 0.717) is 10.8 Å². The van der Waals surface area contributed by atoms with Gasteiger partial charge in [0.15, 0.2) is 0 Å². The molecule has 0 amide bonds. The third-order valence-corrected chi connectivity index (χ3v) is 4.08. The number of hydrogen-bond acceptors (Lipinski definition) is 3. The second-order valence-electron chi connectivity index (χ2n) is 5.48. The van der Waals surface area contributed by atoms with Gasteiger partial charge in [-0.3, -0.25) is 0 Å². The summed E-state index contributed by atoms with van der Waals surface area (Å²) in [7, 11) is 0. The predicted octanol–water partition coefficient (Wildman–Crippen LogP) is 4.56. The Hall–Kier alpha value is -1.92. The minimum atomic E-state index is -4.41. The van der Waals surface area contributed by atoms with E-state index in [1.54, 1.807) is 12.1 Å². The van der Waals surface area contributed by atoms with E-state index in [-0.39, 0.29) is 5.75 Å². The van der Waals surface area contributed by atoms with E-state index >= 15 is 0 Å². The molecular formula is C17H16ClF3N2O. The third-order valence-electron chi connectivity index (χ3n) is 3.79. The number of benzene rings is 2. The molecule has 0 saturated carbocycles. The van der Waals surface area contributed by atoms with Crippen molar-refractivity contribution in [2.45, 2.75) is 6.18 Å². The van der Waals surface area contributed by atoms with Gasteiger partial charge < -0.3 is 15.0 Å². The number of halogens is 4. The van der Waals surface area contributed by atoms with E-state index in [9.17, 15) is 13.2 Å². The molecule has 0 aromatic heterocycles. The quantitative estimate of drug-likeness (QED) is 0.872. The maximum atomic E-state index is 12.8. The van der Waals surface area contributed by atoms with Crippen molar-refractivity contribution in [1.29, 1.82) is 0 Å². The number of rotatable bonds is 3. The highest BCUT2D eigenvalue weighted by Crippen LogP contribution is 2.36. The number of alkyl halides is 3. The summed E-state index contributed by atoms with van der Waals surface area (Å²) in [6, 6.07) is 10.1. The van der Waals surface area contributed by atoms with Gasteiger partial charge in [0.1, 0.15) is 11.5 Å². The Balaban J connectivity index is 1.78. The standard InChI is InChI=1S/C17H16ClF3N2O/c18-15-11-13(23-8-6-22-7-9-23)4-5-16(15)24-14-3-1-2-12(10-14)17(19,20)21/h1-5,10-11,22H,6-9H2. The first-order valence-electron chi connectivity index (χ1n) is 7.54. The maximum absolute atomic E-state index is 12.8. The van der Waals surface area contributed by atoms with E-state index in [2.05, 4.69) is 10.2 Å². The molecule has 1 aliphatic rings. The van der Waals surface area contributed by atoms with Crippen LogP contribution in [0.1, 0.15) is 5.56 Å². The summed E-state index contributed by atoms with van der Waals surface area (Å²) < 4.78 is 43.8. The highest BCUT2D eigenvalue weighted by atomic mass is 35.5. The normalized spacial score (nSPS) is 15.4. The lowest BCUT2D eigenvalue weighted by Gasteiger charge is -2.29. The molecular weight excluding hydrogens is 341 g/mol.